The number of aromatic nitrogens is 2. The zero-order valence-electron chi connectivity index (χ0n) is 7.56. The van der Waals surface area contributed by atoms with E-state index in [0.717, 1.165) is 10.6 Å². The number of anilines is 1. The number of ether oxygens (including phenoxy) is 1. The van der Waals surface area contributed by atoms with Gasteiger partial charge in [0.1, 0.15) is 10.6 Å². The lowest BCUT2D eigenvalue weighted by molar-refractivity contribution is 0.342. The Morgan fingerprint density at radius 1 is 1.64 bits per heavy atom. The topological polar surface area (TPSA) is 74.2 Å². The zero-order chi connectivity index (χ0) is 9.97. The summed E-state index contributed by atoms with van der Waals surface area (Å²) in [6, 6.07) is 1.94. The van der Waals surface area contributed by atoms with Crippen molar-refractivity contribution in [2.24, 2.45) is 0 Å². The van der Waals surface area contributed by atoms with Crippen LogP contribution >= 0.6 is 11.3 Å². The van der Waals surface area contributed by atoms with Crippen molar-refractivity contribution in [3.05, 3.63) is 11.4 Å². The molecule has 0 saturated carbocycles. The second-order valence-electron chi connectivity index (χ2n) is 2.50. The Morgan fingerprint density at radius 3 is 3.14 bits per heavy atom. The van der Waals surface area contributed by atoms with Crippen LogP contribution in [0.5, 0.6) is 5.75 Å². The van der Waals surface area contributed by atoms with E-state index in [1.807, 2.05) is 18.4 Å². The molecule has 6 heteroatoms. The summed E-state index contributed by atoms with van der Waals surface area (Å²) in [5.74, 6) is 1.24. The van der Waals surface area contributed by atoms with Crippen molar-refractivity contribution in [1.82, 2.24) is 10.1 Å². The van der Waals surface area contributed by atoms with Crippen LogP contribution < -0.4 is 10.5 Å². The lowest BCUT2D eigenvalue weighted by atomic mass is 10.4. The van der Waals surface area contributed by atoms with Gasteiger partial charge in [-0.2, -0.15) is 4.98 Å². The van der Waals surface area contributed by atoms with Crippen molar-refractivity contribution >= 4 is 17.4 Å². The largest absolute Gasteiger partial charge is 0.492 e. The minimum absolute atomic E-state index is 0.0656. The van der Waals surface area contributed by atoms with Gasteiger partial charge in [0.2, 0.25) is 5.82 Å². The summed E-state index contributed by atoms with van der Waals surface area (Å²) in [7, 11) is 0. The molecule has 0 unspecified atom stereocenters. The van der Waals surface area contributed by atoms with Crippen LogP contribution in [-0.4, -0.2) is 16.7 Å². The van der Waals surface area contributed by atoms with Gasteiger partial charge in [-0.15, -0.1) is 11.3 Å². The average molecular weight is 211 g/mol. The van der Waals surface area contributed by atoms with E-state index in [1.165, 1.54) is 11.3 Å². The second kappa shape index (κ2) is 3.67. The smallest absolute Gasteiger partial charge is 0.319 e. The fourth-order valence-corrected chi connectivity index (χ4v) is 1.82. The van der Waals surface area contributed by atoms with Gasteiger partial charge >= 0.3 is 6.01 Å². The van der Waals surface area contributed by atoms with Gasteiger partial charge in [0, 0.05) is 0 Å². The van der Waals surface area contributed by atoms with Gasteiger partial charge in [-0.1, -0.05) is 5.16 Å². The quantitative estimate of drug-likeness (QED) is 0.837. The SMILES string of the molecule is CCOc1ccsc1-c1noc(N)n1. The molecule has 0 saturated heterocycles. The molecule has 5 nitrogen and oxygen atoms in total. The molecule has 2 N–H and O–H groups in total. The normalized spacial score (nSPS) is 10.4. The predicted octanol–water partition coefficient (Wildman–Crippen LogP) is 1.78. The number of nitrogen functional groups attached to an aromatic ring is 1. The van der Waals surface area contributed by atoms with Crippen molar-refractivity contribution in [2.45, 2.75) is 6.92 Å². The maximum atomic E-state index is 5.39. The summed E-state index contributed by atoms with van der Waals surface area (Å²) >= 11 is 1.49. The van der Waals surface area contributed by atoms with Gasteiger partial charge in [-0.05, 0) is 18.4 Å². The molecule has 0 atom stereocenters. The molecule has 0 spiro atoms. The molecule has 0 aliphatic rings. The molecule has 2 heterocycles. The molecule has 0 fully saturated rings. The fraction of sp³-hybridized carbons (Fsp3) is 0.250. The van der Waals surface area contributed by atoms with Gasteiger partial charge in [-0.3, -0.25) is 0 Å². The number of nitrogens with two attached hydrogens (primary N) is 1. The van der Waals surface area contributed by atoms with Gasteiger partial charge in [0.15, 0.2) is 0 Å². The average Bonchev–Trinajstić information content (AvgIpc) is 2.74. The Kier molecular flexibility index (Phi) is 2.36. The molecule has 0 radical (unpaired) electrons. The molecule has 2 aromatic rings. The lowest BCUT2D eigenvalue weighted by Gasteiger charge is -1.99. The predicted molar refractivity (Wildman–Crippen MR) is 53.2 cm³/mol. The van der Waals surface area contributed by atoms with Crippen molar-refractivity contribution < 1.29 is 9.26 Å². The lowest BCUT2D eigenvalue weighted by Crippen LogP contribution is -1.91. The molecule has 0 aliphatic carbocycles. The highest BCUT2D eigenvalue weighted by molar-refractivity contribution is 7.13. The van der Waals surface area contributed by atoms with E-state index in [9.17, 15) is 0 Å². The van der Waals surface area contributed by atoms with E-state index in [0.29, 0.717) is 12.4 Å². The van der Waals surface area contributed by atoms with Gasteiger partial charge in [-0.25, -0.2) is 0 Å². The zero-order valence-corrected chi connectivity index (χ0v) is 8.37. The molecular formula is C8H9N3O2S. The van der Waals surface area contributed by atoms with E-state index < -0.39 is 0 Å². The van der Waals surface area contributed by atoms with Gasteiger partial charge in [0.25, 0.3) is 0 Å². The van der Waals surface area contributed by atoms with Crippen LogP contribution in [0, 0.1) is 0 Å². The molecule has 0 aliphatic heterocycles. The first-order valence-corrected chi connectivity index (χ1v) is 4.99. The van der Waals surface area contributed by atoms with E-state index in [2.05, 4.69) is 14.7 Å². The fourth-order valence-electron chi connectivity index (χ4n) is 1.06. The summed E-state index contributed by atoms with van der Waals surface area (Å²) in [6.45, 7) is 2.53. The highest BCUT2D eigenvalue weighted by Gasteiger charge is 2.13. The number of hydrogen-bond acceptors (Lipinski definition) is 6. The van der Waals surface area contributed by atoms with Gasteiger partial charge < -0.3 is 15.0 Å². The molecule has 0 bridgehead atoms. The maximum absolute atomic E-state index is 5.39. The highest BCUT2D eigenvalue weighted by atomic mass is 32.1. The van der Waals surface area contributed by atoms with E-state index in [-0.39, 0.29) is 6.01 Å². The van der Waals surface area contributed by atoms with Crippen LogP contribution in [0.2, 0.25) is 0 Å². The summed E-state index contributed by atoms with van der Waals surface area (Å²) in [6.07, 6.45) is 0. The van der Waals surface area contributed by atoms with Crippen molar-refractivity contribution in [2.75, 3.05) is 12.3 Å². The Labute approximate surface area is 84.5 Å². The van der Waals surface area contributed by atoms with Crippen LogP contribution in [0.1, 0.15) is 6.92 Å². The monoisotopic (exact) mass is 211 g/mol. The Bertz CT molecular complexity index is 424. The molecule has 74 valence electrons. The minimum Gasteiger partial charge on any atom is -0.492 e. The Morgan fingerprint density at radius 2 is 2.50 bits per heavy atom. The van der Waals surface area contributed by atoms with Crippen LogP contribution in [0.4, 0.5) is 6.01 Å². The summed E-state index contributed by atoms with van der Waals surface area (Å²) in [5, 5.41) is 5.63. The van der Waals surface area contributed by atoms with E-state index in [1.54, 1.807) is 0 Å². The molecule has 0 aromatic carbocycles. The number of thiophene rings is 1. The van der Waals surface area contributed by atoms with Gasteiger partial charge in [0.05, 0.1) is 6.61 Å². The second-order valence-corrected chi connectivity index (χ2v) is 3.42. The maximum Gasteiger partial charge on any atom is 0.319 e. The highest BCUT2D eigenvalue weighted by Crippen LogP contribution is 2.33. The van der Waals surface area contributed by atoms with E-state index >= 15 is 0 Å². The molecular weight excluding hydrogens is 202 g/mol. The first kappa shape index (κ1) is 9.01. The van der Waals surface area contributed by atoms with Crippen LogP contribution in [0.3, 0.4) is 0 Å². The summed E-state index contributed by atoms with van der Waals surface area (Å²) < 4.78 is 10.1. The Hall–Kier alpha value is -1.56. The molecule has 14 heavy (non-hydrogen) atoms. The standard InChI is InChI=1S/C8H9N3O2S/c1-2-12-5-3-4-14-6(5)7-10-8(9)13-11-7/h3-4H,2H2,1H3,(H2,9,10,11). The van der Waals surface area contributed by atoms with Crippen molar-refractivity contribution in [3.8, 4) is 16.5 Å². The van der Waals surface area contributed by atoms with E-state index in [4.69, 9.17) is 10.5 Å². The number of nitrogens with zero attached hydrogens (tertiary/aromatic N) is 2. The first-order chi connectivity index (χ1) is 6.81. The van der Waals surface area contributed by atoms with Crippen molar-refractivity contribution in [1.29, 1.82) is 0 Å². The molecule has 0 amide bonds. The third-order valence-corrected chi connectivity index (χ3v) is 2.47. The van der Waals surface area contributed by atoms with Crippen LogP contribution in [0.15, 0.2) is 16.0 Å². The third kappa shape index (κ3) is 1.56. The summed E-state index contributed by atoms with van der Waals surface area (Å²) in [5.41, 5.74) is 5.33. The van der Waals surface area contributed by atoms with Crippen LogP contribution in [-0.2, 0) is 0 Å². The third-order valence-electron chi connectivity index (χ3n) is 1.57. The number of hydrogen-bond donors (Lipinski definition) is 1. The number of rotatable bonds is 3. The Balaban J connectivity index is 2.36. The first-order valence-electron chi connectivity index (χ1n) is 4.11. The summed E-state index contributed by atoms with van der Waals surface area (Å²) in [4.78, 5) is 4.77. The minimum atomic E-state index is 0.0656. The molecule has 2 aromatic heterocycles. The molecule has 2 rings (SSSR count). The van der Waals surface area contributed by atoms with Crippen LogP contribution in [0.25, 0.3) is 10.7 Å². The van der Waals surface area contributed by atoms with Crippen molar-refractivity contribution in [3.63, 3.8) is 0 Å².